The van der Waals surface area contributed by atoms with Crippen LogP contribution in [0.2, 0.25) is 0 Å². The third kappa shape index (κ3) is 5.51. The van der Waals surface area contributed by atoms with E-state index in [-0.39, 0.29) is 22.5 Å². The van der Waals surface area contributed by atoms with Crippen LogP contribution in [0, 0.1) is 18.7 Å². The first-order valence-electron chi connectivity index (χ1n) is 10.8. The van der Waals surface area contributed by atoms with Gasteiger partial charge in [0, 0.05) is 30.9 Å². The zero-order chi connectivity index (χ0) is 23.4. The molecule has 1 unspecified atom stereocenters. The van der Waals surface area contributed by atoms with Crippen molar-refractivity contribution in [3.05, 3.63) is 89.7 Å². The molecular formula is C25H26FN3O3S. The predicted molar refractivity (Wildman–Crippen MR) is 127 cm³/mol. The highest BCUT2D eigenvalue weighted by molar-refractivity contribution is 7.92. The number of hydrogen-bond acceptors (Lipinski definition) is 4. The summed E-state index contributed by atoms with van der Waals surface area (Å²) in [6, 6.07) is 19.5. The molecule has 0 spiro atoms. The summed E-state index contributed by atoms with van der Waals surface area (Å²) in [5.74, 6) is -0.213. The zero-order valence-electron chi connectivity index (χ0n) is 18.3. The molecule has 0 saturated carbocycles. The number of hydrogen-bond donors (Lipinski definition) is 2. The fourth-order valence-corrected chi connectivity index (χ4v) is 5.03. The van der Waals surface area contributed by atoms with Crippen LogP contribution in [-0.4, -0.2) is 34.0 Å². The van der Waals surface area contributed by atoms with Gasteiger partial charge in [0.1, 0.15) is 5.82 Å². The second kappa shape index (κ2) is 9.62. The summed E-state index contributed by atoms with van der Waals surface area (Å²) in [5.41, 5.74) is 2.71. The fourth-order valence-electron chi connectivity index (χ4n) is 3.90. The van der Waals surface area contributed by atoms with Gasteiger partial charge in [0.15, 0.2) is 0 Å². The number of nitrogens with zero attached hydrogens (tertiary/aromatic N) is 1. The third-order valence-electron chi connectivity index (χ3n) is 5.85. The van der Waals surface area contributed by atoms with Crippen LogP contribution in [0.1, 0.15) is 22.3 Å². The molecule has 3 aromatic rings. The third-order valence-corrected chi connectivity index (χ3v) is 7.23. The smallest absolute Gasteiger partial charge is 0.261 e. The summed E-state index contributed by atoms with van der Waals surface area (Å²) in [6.07, 6.45) is 0.930. The quantitative estimate of drug-likeness (QED) is 0.546. The van der Waals surface area contributed by atoms with Gasteiger partial charge in [-0.25, -0.2) is 12.8 Å². The molecule has 1 amide bonds. The second-order valence-corrected chi connectivity index (χ2v) is 9.91. The molecule has 4 rings (SSSR count). The molecule has 0 aliphatic carbocycles. The molecule has 2 N–H and O–H groups in total. The lowest BCUT2D eigenvalue weighted by molar-refractivity contribution is 0.0948. The molecule has 1 aliphatic heterocycles. The van der Waals surface area contributed by atoms with Crippen molar-refractivity contribution in [3.8, 4) is 0 Å². The van der Waals surface area contributed by atoms with Gasteiger partial charge >= 0.3 is 0 Å². The SMILES string of the molecule is Cc1ccccc1NS(=O)(=O)c1ccc(C(=O)NCC2CCN(c3ccc(F)cc3)C2)cc1. The molecule has 0 bridgehead atoms. The standard InChI is InChI=1S/C25H26FN3O3S/c1-18-4-2-3-5-24(18)28-33(31,32)23-12-6-20(7-13-23)25(30)27-16-19-14-15-29(17-19)22-10-8-21(26)9-11-22/h2-13,19,28H,14-17H2,1H3,(H,27,30). The Bertz CT molecular complexity index is 1230. The Morgan fingerprint density at radius 2 is 1.73 bits per heavy atom. The maximum atomic E-state index is 13.1. The lowest BCUT2D eigenvalue weighted by Crippen LogP contribution is -2.31. The Morgan fingerprint density at radius 3 is 2.42 bits per heavy atom. The van der Waals surface area contributed by atoms with Crippen LogP contribution in [0.4, 0.5) is 15.8 Å². The molecule has 1 atom stereocenters. The van der Waals surface area contributed by atoms with E-state index in [1.54, 1.807) is 24.3 Å². The maximum Gasteiger partial charge on any atom is 0.261 e. The molecule has 0 aromatic heterocycles. The molecule has 6 nitrogen and oxygen atoms in total. The first-order valence-corrected chi connectivity index (χ1v) is 12.3. The Kier molecular flexibility index (Phi) is 6.65. The minimum Gasteiger partial charge on any atom is -0.371 e. The van der Waals surface area contributed by atoms with Crippen molar-refractivity contribution >= 4 is 27.3 Å². The molecule has 1 aliphatic rings. The molecule has 172 valence electrons. The van der Waals surface area contributed by atoms with Crippen LogP contribution >= 0.6 is 0 Å². The monoisotopic (exact) mass is 467 g/mol. The summed E-state index contributed by atoms with van der Waals surface area (Å²) in [7, 11) is -3.75. The zero-order valence-corrected chi connectivity index (χ0v) is 19.1. The molecule has 1 fully saturated rings. The van der Waals surface area contributed by atoms with E-state index in [1.807, 2.05) is 19.1 Å². The predicted octanol–water partition coefficient (Wildman–Crippen LogP) is 4.19. The number of benzene rings is 3. The number of nitrogens with one attached hydrogen (secondary N) is 2. The van der Waals surface area contributed by atoms with Crippen LogP contribution in [0.25, 0.3) is 0 Å². The van der Waals surface area contributed by atoms with Crippen molar-refractivity contribution in [1.82, 2.24) is 5.32 Å². The number of carbonyl (C=O) groups is 1. The van der Waals surface area contributed by atoms with E-state index in [1.165, 1.54) is 36.4 Å². The maximum absolute atomic E-state index is 13.1. The van der Waals surface area contributed by atoms with Crippen molar-refractivity contribution in [3.63, 3.8) is 0 Å². The van der Waals surface area contributed by atoms with Crippen molar-refractivity contribution in [2.24, 2.45) is 5.92 Å². The van der Waals surface area contributed by atoms with Crippen molar-refractivity contribution in [2.45, 2.75) is 18.2 Å². The number of halogens is 1. The van der Waals surface area contributed by atoms with Crippen molar-refractivity contribution in [1.29, 1.82) is 0 Å². The lowest BCUT2D eigenvalue weighted by atomic mass is 10.1. The van der Waals surface area contributed by atoms with E-state index in [9.17, 15) is 17.6 Å². The number of para-hydroxylation sites is 1. The van der Waals surface area contributed by atoms with E-state index in [4.69, 9.17) is 0 Å². The average Bonchev–Trinajstić information content (AvgIpc) is 3.28. The van der Waals surface area contributed by atoms with Crippen molar-refractivity contribution in [2.75, 3.05) is 29.3 Å². The number of anilines is 2. The Balaban J connectivity index is 1.32. The van der Waals surface area contributed by atoms with Gasteiger partial charge < -0.3 is 10.2 Å². The Morgan fingerprint density at radius 1 is 1.03 bits per heavy atom. The van der Waals surface area contributed by atoms with E-state index in [2.05, 4.69) is 14.9 Å². The average molecular weight is 468 g/mol. The summed E-state index contributed by atoms with van der Waals surface area (Å²) >= 11 is 0. The number of aryl methyl sites for hydroxylation is 1. The van der Waals surface area contributed by atoms with Gasteiger partial charge in [0.25, 0.3) is 15.9 Å². The normalized spacial score (nSPS) is 15.9. The summed E-state index contributed by atoms with van der Waals surface area (Å²) in [4.78, 5) is 14.8. The largest absolute Gasteiger partial charge is 0.371 e. The molecule has 1 saturated heterocycles. The Labute approximate surface area is 193 Å². The van der Waals surface area contributed by atoms with Crippen LogP contribution in [-0.2, 0) is 10.0 Å². The second-order valence-electron chi connectivity index (χ2n) is 8.23. The van der Waals surface area contributed by atoms with Gasteiger partial charge in [-0.15, -0.1) is 0 Å². The van der Waals surface area contributed by atoms with Gasteiger partial charge in [0.05, 0.1) is 10.6 Å². The highest BCUT2D eigenvalue weighted by Gasteiger charge is 2.23. The van der Waals surface area contributed by atoms with Gasteiger partial charge in [0.2, 0.25) is 0 Å². The minimum absolute atomic E-state index is 0.0908. The van der Waals surface area contributed by atoms with Crippen LogP contribution in [0.5, 0.6) is 0 Å². The van der Waals surface area contributed by atoms with E-state index < -0.39 is 10.0 Å². The number of amides is 1. The molecule has 0 radical (unpaired) electrons. The molecule has 8 heteroatoms. The highest BCUT2D eigenvalue weighted by Crippen LogP contribution is 2.24. The summed E-state index contributed by atoms with van der Waals surface area (Å²) in [5, 5.41) is 2.94. The summed E-state index contributed by atoms with van der Waals surface area (Å²) < 4.78 is 41.0. The Hall–Kier alpha value is -3.39. The molecule has 3 aromatic carbocycles. The lowest BCUT2D eigenvalue weighted by Gasteiger charge is -2.19. The number of carbonyl (C=O) groups excluding carboxylic acids is 1. The van der Waals surface area contributed by atoms with E-state index in [0.29, 0.717) is 17.8 Å². The first-order chi connectivity index (χ1) is 15.8. The summed E-state index contributed by atoms with van der Waals surface area (Å²) in [6.45, 7) is 3.99. The van der Waals surface area contributed by atoms with E-state index >= 15 is 0 Å². The highest BCUT2D eigenvalue weighted by atomic mass is 32.2. The molecule has 33 heavy (non-hydrogen) atoms. The van der Waals surface area contributed by atoms with Gasteiger partial charge in [-0.2, -0.15) is 0 Å². The van der Waals surface area contributed by atoms with Gasteiger partial charge in [-0.05, 0) is 79.4 Å². The van der Waals surface area contributed by atoms with Crippen LogP contribution < -0.4 is 14.9 Å². The van der Waals surface area contributed by atoms with Gasteiger partial charge in [-0.3, -0.25) is 9.52 Å². The minimum atomic E-state index is -3.75. The van der Waals surface area contributed by atoms with Crippen LogP contribution in [0.15, 0.2) is 77.7 Å². The molecular weight excluding hydrogens is 441 g/mol. The van der Waals surface area contributed by atoms with E-state index in [0.717, 1.165) is 30.8 Å². The van der Waals surface area contributed by atoms with Gasteiger partial charge in [-0.1, -0.05) is 18.2 Å². The number of sulfonamides is 1. The van der Waals surface area contributed by atoms with Crippen molar-refractivity contribution < 1.29 is 17.6 Å². The first kappa shape index (κ1) is 22.8. The fraction of sp³-hybridized carbons (Fsp3) is 0.240. The number of rotatable bonds is 7. The topological polar surface area (TPSA) is 78.5 Å². The van der Waals surface area contributed by atoms with Crippen LogP contribution in [0.3, 0.4) is 0 Å². The molecule has 1 heterocycles.